The molecule has 44 heavy (non-hydrogen) atoms. The van der Waals surface area contributed by atoms with E-state index in [4.69, 9.17) is 16.3 Å². The molecule has 3 amide bonds. The molecule has 0 saturated carbocycles. The van der Waals surface area contributed by atoms with Crippen molar-refractivity contribution in [3.8, 4) is 5.75 Å². The zero-order valence-corrected chi connectivity index (χ0v) is 26.1. The molecule has 3 aromatic rings. The number of aromatic hydroxyl groups is 1. The highest BCUT2D eigenvalue weighted by Gasteiger charge is 2.31. The summed E-state index contributed by atoms with van der Waals surface area (Å²) in [5.74, 6) is -0.609. The van der Waals surface area contributed by atoms with Gasteiger partial charge in [-0.1, -0.05) is 35.9 Å². The van der Waals surface area contributed by atoms with Crippen molar-refractivity contribution < 1.29 is 28.7 Å². The SMILES string of the molecule is CC(C)OC(=O)c1ccc(NC(=O)N[C@@H](Cc2ccc(O)cc2)C(=O)NCC[N+]2(Cc3ccc(Cl)cc3)CCCCC2)cc1. The number of carbonyl (C=O) groups excluding carboxylic acids is 3. The fraction of sp³-hybridized carbons (Fsp3) is 0.382. The van der Waals surface area contributed by atoms with E-state index in [0.717, 1.165) is 49.1 Å². The van der Waals surface area contributed by atoms with Crippen LogP contribution >= 0.6 is 11.6 Å². The number of hydrogen-bond donors (Lipinski definition) is 4. The van der Waals surface area contributed by atoms with Crippen molar-refractivity contribution in [3.05, 3.63) is 94.5 Å². The third-order valence-electron chi connectivity index (χ3n) is 7.80. The highest BCUT2D eigenvalue weighted by atomic mass is 35.5. The number of quaternary nitrogens is 1. The topological polar surface area (TPSA) is 117 Å². The van der Waals surface area contributed by atoms with Crippen molar-refractivity contribution in [2.24, 2.45) is 0 Å². The smallest absolute Gasteiger partial charge is 0.338 e. The lowest BCUT2D eigenvalue weighted by molar-refractivity contribution is -0.944. The molecule has 4 rings (SSSR count). The maximum Gasteiger partial charge on any atom is 0.338 e. The van der Waals surface area contributed by atoms with Gasteiger partial charge in [0.25, 0.3) is 0 Å². The van der Waals surface area contributed by atoms with E-state index in [1.54, 1.807) is 62.4 Å². The number of likely N-dealkylation sites (tertiary alicyclic amines) is 1. The van der Waals surface area contributed by atoms with Crippen LogP contribution in [0.25, 0.3) is 0 Å². The molecule has 1 aliphatic heterocycles. The fourth-order valence-corrected chi connectivity index (χ4v) is 5.66. The largest absolute Gasteiger partial charge is 0.508 e. The van der Waals surface area contributed by atoms with E-state index >= 15 is 0 Å². The Morgan fingerprint density at radius 3 is 2.16 bits per heavy atom. The lowest BCUT2D eigenvalue weighted by Crippen LogP contribution is -2.55. The standard InChI is InChI=1S/C34H41ClN4O5/c1-24(2)44-33(42)27-10-14-29(15-11-27)37-34(43)38-31(22-25-8-16-30(40)17-9-25)32(41)36-18-21-39(19-4-3-5-20-39)23-26-6-12-28(35)13-7-26/h6-17,24,31H,3-5,18-23H2,1-2H3,(H3-,36,37,38,40,41,42,43)/p+1/t31-/m0/s1. The Bertz CT molecular complexity index is 1390. The van der Waals surface area contributed by atoms with Crippen molar-refractivity contribution in [1.82, 2.24) is 10.6 Å². The Labute approximate surface area is 264 Å². The summed E-state index contributed by atoms with van der Waals surface area (Å²) in [6.07, 6.45) is 3.51. The van der Waals surface area contributed by atoms with Crippen LogP contribution in [0.5, 0.6) is 5.75 Å². The van der Waals surface area contributed by atoms with E-state index in [2.05, 4.69) is 28.1 Å². The summed E-state index contributed by atoms with van der Waals surface area (Å²) in [5, 5.41) is 19.0. The first-order valence-electron chi connectivity index (χ1n) is 15.1. The van der Waals surface area contributed by atoms with Gasteiger partial charge in [-0.05, 0) is 87.2 Å². The number of phenols is 1. The van der Waals surface area contributed by atoms with Crippen molar-refractivity contribution in [2.75, 3.05) is 31.5 Å². The number of ether oxygens (including phenoxy) is 1. The second-order valence-electron chi connectivity index (χ2n) is 11.7. The summed E-state index contributed by atoms with van der Waals surface area (Å²) in [7, 11) is 0. The molecule has 0 aliphatic carbocycles. The molecule has 10 heteroatoms. The molecule has 0 aromatic heterocycles. The Balaban J connectivity index is 1.39. The van der Waals surface area contributed by atoms with Gasteiger partial charge in [-0.25, -0.2) is 9.59 Å². The maximum atomic E-state index is 13.5. The van der Waals surface area contributed by atoms with Crippen molar-refractivity contribution in [1.29, 1.82) is 0 Å². The number of anilines is 1. The average Bonchev–Trinajstić information content (AvgIpc) is 2.99. The van der Waals surface area contributed by atoms with E-state index in [9.17, 15) is 19.5 Å². The molecule has 1 saturated heterocycles. The minimum atomic E-state index is -0.856. The second-order valence-corrected chi connectivity index (χ2v) is 12.1. The Hall–Kier alpha value is -4.08. The van der Waals surface area contributed by atoms with Crippen LogP contribution in [0.1, 0.15) is 54.6 Å². The lowest BCUT2D eigenvalue weighted by atomic mass is 10.0. The van der Waals surface area contributed by atoms with Crippen LogP contribution in [0.2, 0.25) is 5.02 Å². The molecule has 0 radical (unpaired) electrons. The number of esters is 1. The van der Waals surface area contributed by atoms with Crippen LogP contribution in [-0.4, -0.2) is 65.8 Å². The van der Waals surface area contributed by atoms with Crippen molar-refractivity contribution >= 4 is 35.2 Å². The van der Waals surface area contributed by atoms with Gasteiger partial charge in [-0.3, -0.25) is 4.79 Å². The number of rotatable bonds is 12. The molecule has 1 fully saturated rings. The van der Waals surface area contributed by atoms with E-state index in [0.29, 0.717) is 22.8 Å². The number of hydrogen-bond acceptors (Lipinski definition) is 5. The summed E-state index contributed by atoms with van der Waals surface area (Å²) in [6.45, 7) is 7.76. The summed E-state index contributed by atoms with van der Waals surface area (Å²) in [5.41, 5.74) is 2.85. The minimum absolute atomic E-state index is 0.123. The van der Waals surface area contributed by atoms with E-state index in [1.807, 2.05) is 12.1 Å². The van der Waals surface area contributed by atoms with Gasteiger partial charge in [0.1, 0.15) is 18.3 Å². The molecule has 9 nitrogen and oxygen atoms in total. The molecule has 0 bridgehead atoms. The van der Waals surface area contributed by atoms with Gasteiger partial charge < -0.3 is 30.3 Å². The average molecular weight is 622 g/mol. The third kappa shape index (κ3) is 9.99. The van der Waals surface area contributed by atoms with Gasteiger partial charge in [0, 0.05) is 22.7 Å². The Kier molecular flexibility index (Phi) is 11.6. The molecule has 0 unspecified atom stereocenters. The molecule has 0 spiro atoms. The number of amides is 3. The number of carbonyl (C=O) groups is 3. The van der Waals surface area contributed by atoms with Gasteiger partial charge in [-0.15, -0.1) is 0 Å². The van der Waals surface area contributed by atoms with Crippen LogP contribution in [0.4, 0.5) is 10.5 Å². The van der Waals surface area contributed by atoms with E-state index in [-0.39, 0.29) is 24.2 Å². The number of halogens is 1. The van der Waals surface area contributed by atoms with Gasteiger partial charge in [-0.2, -0.15) is 0 Å². The van der Waals surface area contributed by atoms with Crippen LogP contribution in [0, 0.1) is 0 Å². The van der Waals surface area contributed by atoms with Crippen LogP contribution in [-0.2, 0) is 22.5 Å². The molecular formula is C34H42ClN4O5+. The molecule has 1 heterocycles. The maximum absolute atomic E-state index is 13.5. The summed E-state index contributed by atoms with van der Waals surface area (Å²) in [4.78, 5) is 38.6. The minimum Gasteiger partial charge on any atom is -0.508 e. The molecule has 4 N–H and O–H groups in total. The zero-order valence-electron chi connectivity index (χ0n) is 25.4. The molecule has 1 aliphatic rings. The number of piperidine rings is 1. The van der Waals surface area contributed by atoms with Gasteiger partial charge in [0.2, 0.25) is 5.91 Å². The quantitative estimate of drug-likeness (QED) is 0.154. The summed E-state index contributed by atoms with van der Waals surface area (Å²) < 4.78 is 6.09. The predicted molar refractivity (Wildman–Crippen MR) is 172 cm³/mol. The highest BCUT2D eigenvalue weighted by Crippen LogP contribution is 2.23. The fourth-order valence-electron chi connectivity index (χ4n) is 5.53. The first kappa shape index (κ1) is 32.8. The number of nitrogens with one attached hydrogen (secondary N) is 3. The van der Waals surface area contributed by atoms with Gasteiger partial charge in [0.15, 0.2) is 0 Å². The summed E-state index contributed by atoms with van der Waals surface area (Å²) in [6, 6.07) is 19.5. The Morgan fingerprint density at radius 2 is 1.52 bits per heavy atom. The first-order chi connectivity index (χ1) is 21.1. The number of benzene rings is 3. The molecular weight excluding hydrogens is 580 g/mol. The lowest BCUT2D eigenvalue weighted by Gasteiger charge is -2.42. The van der Waals surface area contributed by atoms with Gasteiger partial charge >= 0.3 is 12.0 Å². The monoisotopic (exact) mass is 621 g/mol. The highest BCUT2D eigenvalue weighted by molar-refractivity contribution is 6.30. The number of nitrogens with zero attached hydrogens (tertiary/aromatic N) is 1. The van der Waals surface area contributed by atoms with E-state index < -0.39 is 18.0 Å². The predicted octanol–water partition coefficient (Wildman–Crippen LogP) is 5.66. The van der Waals surface area contributed by atoms with Gasteiger partial charge in [0.05, 0.1) is 37.8 Å². The van der Waals surface area contributed by atoms with Crippen molar-refractivity contribution in [3.63, 3.8) is 0 Å². The van der Waals surface area contributed by atoms with E-state index in [1.165, 1.54) is 12.0 Å². The zero-order chi connectivity index (χ0) is 31.5. The third-order valence-corrected chi connectivity index (χ3v) is 8.05. The summed E-state index contributed by atoms with van der Waals surface area (Å²) >= 11 is 6.10. The Morgan fingerprint density at radius 1 is 0.886 bits per heavy atom. The van der Waals surface area contributed by atoms with Crippen LogP contribution < -0.4 is 16.0 Å². The normalized spacial score (nSPS) is 14.8. The van der Waals surface area contributed by atoms with Crippen LogP contribution in [0.3, 0.4) is 0 Å². The second kappa shape index (κ2) is 15.6. The number of phenolic OH excluding ortho intramolecular Hbond substituents is 1. The van der Waals surface area contributed by atoms with Crippen LogP contribution in [0.15, 0.2) is 72.8 Å². The number of urea groups is 1. The molecule has 3 aromatic carbocycles. The molecule has 1 atom stereocenters. The van der Waals surface area contributed by atoms with Crippen molar-refractivity contribution in [2.45, 2.75) is 58.2 Å². The molecule has 234 valence electrons. The first-order valence-corrected chi connectivity index (χ1v) is 15.5.